The van der Waals surface area contributed by atoms with Crippen molar-refractivity contribution in [2.24, 2.45) is 0 Å². The quantitative estimate of drug-likeness (QED) is 0.914. The van der Waals surface area contributed by atoms with Crippen LogP contribution >= 0.6 is 15.9 Å². The minimum Gasteiger partial charge on any atom is -0.478 e. The number of hydrogen-bond donors (Lipinski definition) is 1. The van der Waals surface area contributed by atoms with Gasteiger partial charge in [0, 0.05) is 30.7 Å². The first-order valence-electron chi connectivity index (χ1n) is 7.01. The number of aromatic carboxylic acids is 1. The Balaban J connectivity index is 2.18. The molecule has 0 amide bonds. The zero-order valence-electron chi connectivity index (χ0n) is 12.0. The molecule has 4 nitrogen and oxygen atoms in total. The standard InChI is InChI=1S/C15H21BrN2O2/c1-3-18-8-6-12(7-9-18)17(2)14-10-11(16)4-5-13(14)15(19)20/h4-5,10,12H,3,6-9H2,1-2H3,(H,19,20). The molecule has 0 bridgehead atoms. The van der Waals surface area contributed by atoms with Crippen LogP contribution in [-0.4, -0.2) is 48.7 Å². The predicted molar refractivity (Wildman–Crippen MR) is 84.6 cm³/mol. The summed E-state index contributed by atoms with van der Waals surface area (Å²) in [6.07, 6.45) is 2.16. The lowest BCUT2D eigenvalue weighted by Gasteiger charge is -2.38. The highest BCUT2D eigenvalue weighted by Crippen LogP contribution is 2.28. The Morgan fingerprint density at radius 3 is 2.65 bits per heavy atom. The van der Waals surface area contributed by atoms with Crippen LogP contribution in [0.5, 0.6) is 0 Å². The van der Waals surface area contributed by atoms with Gasteiger partial charge in [-0.05, 0) is 37.6 Å². The second kappa shape index (κ2) is 6.59. The highest BCUT2D eigenvalue weighted by Gasteiger charge is 2.24. The zero-order chi connectivity index (χ0) is 14.7. The molecule has 20 heavy (non-hydrogen) atoms. The molecule has 1 heterocycles. The van der Waals surface area contributed by atoms with E-state index >= 15 is 0 Å². The minimum absolute atomic E-state index is 0.369. The summed E-state index contributed by atoms with van der Waals surface area (Å²) in [6, 6.07) is 5.75. The third kappa shape index (κ3) is 3.33. The van der Waals surface area contributed by atoms with Gasteiger partial charge in [0.2, 0.25) is 0 Å². The van der Waals surface area contributed by atoms with Gasteiger partial charge >= 0.3 is 5.97 Å². The number of hydrogen-bond acceptors (Lipinski definition) is 3. The van der Waals surface area contributed by atoms with E-state index in [1.165, 1.54) is 0 Å². The van der Waals surface area contributed by atoms with Crippen molar-refractivity contribution in [3.63, 3.8) is 0 Å². The van der Waals surface area contributed by atoms with E-state index in [0.717, 1.165) is 42.6 Å². The topological polar surface area (TPSA) is 43.8 Å². The van der Waals surface area contributed by atoms with Crippen molar-refractivity contribution in [3.05, 3.63) is 28.2 Å². The molecule has 0 aromatic heterocycles. The number of piperidine rings is 1. The van der Waals surface area contributed by atoms with Gasteiger partial charge in [0.1, 0.15) is 0 Å². The summed E-state index contributed by atoms with van der Waals surface area (Å²) < 4.78 is 0.912. The van der Waals surface area contributed by atoms with Crippen LogP contribution in [-0.2, 0) is 0 Å². The van der Waals surface area contributed by atoms with Gasteiger partial charge in [-0.15, -0.1) is 0 Å². The maximum absolute atomic E-state index is 11.4. The molecule has 1 aromatic rings. The van der Waals surface area contributed by atoms with Crippen LogP contribution < -0.4 is 4.90 Å². The smallest absolute Gasteiger partial charge is 0.337 e. The van der Waals surface area contributed by atoms with Crippen LogP contribution in [0.4, 0.5) is 5.69 Å². The van der Waals surface area contributed by atoms with Crippen LogP contribution in [0, 0.1) is 0 Å². The Bertz CT molecular complexity index is 485. The van der Waals surface area contributed by atoms with Gasteiger partial charge in [0.15, 0.2) is 0 Å². The second-order valence-electron chi connectivity index (χ2n) is 5.24. The molecule has 1 aliphatic heterocycles. The number of anilines is 1. The average molecular weight is 341 g/mol. The van der Waals surface area contributed by atoms with E-state index in [9.17, 15) is 9.90 Å². The lowest BCUT2D eigenvalue weighted by molar-refractivity contribution is 0.0697. The van der Waals surface area contributed by atoms with E-state index in [4.69, 9.17) is 0 Å². The largest absolute Gasteiger partial charge is 0.478 e. The molecule has 0 saturated carbocycles. The van der Waals surface area contributed by atoms with Gasteiger partial charge < -0.3 is 14.9 Å². The molecular weight excluding hydrogens is 320 g/mol. The van der Waals surface area contributed by atoms with Gasteiger partial charge in [-0.25, -0.2) is 4.79 Å². The molecule has 1 aromatic carbocycles. The summed E-state index contributed by atoms with van der Waals surface area (Å²) in [5.74, 6) is -0.870. The van der Waals surface area contributed by atoms with E-state index in [1.54, 1.807) is 12.1 Å². The maximum Gasteiger partial charge on any atom is 0.337 e. The van der Waals surface area contributed by atoms with Crippen LogP contribution in [0.3, 0.4) is 0 Å². The average Bonchev–Trinajstić information content (AvgIpc) is 2.46. The Morgan fingerprint density at radius 1 is 1.45 bits per heavy atom. The normalized spacial score (nSPS) is 17.1. The van der Waals surface area contributed by atoms with Crippen LogP contribution in [0.1, 0.15) is 30.1 Å². The molecule has 0 radical (unpaired) electrons. The van der Waals surface area contributed by atoms with E-state index < -0.39 is 5.97 Å². The molecular formula is C15H21BrN2O2. The monoisotopic (exact) mass is 340 g/mol. The van der Waals surface area contributed by atoms with E-state index in [2.05, 4.69) is 32.7 Å². The van der Waals surface area contributed by atoms with E-state index in [1.807, 2.05) is 13.1 Å². The number of carbonyl (C=O) groups is 1. The summed E-state index contributed by atoms with van der Waals surface area (Å²) in [5, 5.41) is 9.33. The molecule has 0 atom stereocenters. The van der Waals surface area contributed by atoms with E-state index in [-0.39, 0.29) is 0 Å². The fraction of sp³-hybridized carbons (Fsp3) is 0.533. The lowest BCUT2D eigenvalue weighted by Crippen LogP contribution is -2.43. The summed E-state index contributed by atoms with van der Waals surface area (Å²) in [6.45, 7) is 5.44. The highest BCUT2D eigenvalue weighted by molar-refractivity contribution is 9.10. The molecule has 5 heteroatoms. The zero-order valence-corrected chi connectivity index (χ0v) is 13.6. The van der Waals surface area contributed by atoms with Gasteiger partial charge in [-0.1, -0.05) is 22.9 Å². The Labute approximate surface area is 128 Å². The molecule has 110 valence electrons. The Morgan fingerprint density at radius 2 is 2.10 bits per heavy atom. The second-order valence-corrected chi connectivity index (χ2v) is 6.16. The molecule has 1 fully saturated rings. The number of benzene rings is 1. The van der Waals surface area contributed by atoms with Crippen LogP contribution in [0.2, 0.25) is 0 Å². The van der Waals surface area contributed by atoms with Crippen molar-refractivity contribution >= 4 is 27.6 Å². The first kappa shape index (κ1) is 15.3. The van der Waals surface area contributed by atoms with Gasteiger partial charge in [0.25, 0.3) is 0 Å². The maximum atomic E-state index is 11.4. The van der Waals surface area contributed by atoms with Crippen molar-refractivity contribution in [2.75, 3.05) is 31.6 Å². The first-order chi connectivity index (χ1) is 9.52. The molecule has 1 saturated heterocycles. The number of nitrogens with zero attached hydrogens (tertiary/aromatic N) is 2. The summed E-state index contributed by atoms with van der Waals surface area (Å²) in [7, 11) is 2.00. The third-order valence-corrected chi connectivity index (χ3v) is 4.62. The third-order valence-electron chi connectivity index (χ3n) is 4.12. The van der Waals surface area contributed by atoms with Crippen molar-refractivity contribution in [3.8, 4) is 0 Å². The SMILES string of the molecule is CCN1CCC(N(C)c2cc(Br)ccc2C(=O)O)CC1. The number of halogens is 1. The van der Waals surface area contributed by atoms with Crippen molar-refractivity contribution in [1.82, 2.24) is 4.90 Å². The molecule has 1 N–H and O–H groups in total. The fourth-order valence-electron chi connectivity index (χ4n) is 2.80. The fourth-order valence-corrected chi connectivity index (χ4v) is 3.15. The summed E-state index contributed by atoms with van der Waals surface area (Å²) >= 11 is 3.43. The molecule has 1 aliphatic rings. The van der Waals surface area contributed by atoms with Crippen molar-refractivity contribution in [2.45, 2.75) is 25.8 Å². The summed E-state index contributed by atoms with van der Waals surface area (Å²) in [4.78, 5) is 15.9. The van der Waals surface area contributed by atoms with Crippen molar-refractivity contribution < 1.29 is 9.90 Å². The van der Waals surface area contributed by atoms with Gasteiger partial charge in [-0.2, -0.15) is 0 Å². The number of likely N-dealkylation sites (tertiary alicyclic amines) is 1. The van der Waals surface area contributed by atoms with Gasteiger partial charge in [-0.3, -0.25) is 0 Å². The van der Waals surface area contributed by atoms with Crippen LogP contribution in [0.15, 0.2) is 22.7 Å². The molecule has 0 spiro atoms. The Kier molecular flexibility index (Phi) is 5.05. The molecule has 2 rings (SSSR count). The number of carboxylic acid groups (broad SMARTS) is 1. The van der Waals surface area contributed by atoms with Gasteiger partial charge in [0.05, 0.1) is 11.3 Å². The highest BCUT2D eigenvalue weighted by atomic mass is 79.9. The number of rotatable bonds is 4. The minimum atomic E-state index is -0.870. The Hall–Kier alpha value is -1.07. The molecule has 0 unspecified atom stereocenters. The molecule has 0 aliphatic carbocycles. The summed E-state index contributed by atoms with van der Waals surface area (Å²) in [5.41, 5.74) is 1.16. The van der Waals surface area contributed by atoms with E-state index in [0.29, 0.717) is 11.6 Å². The van der Waals surface area contributed by atoms with Crippen molar-refractivity contribution in [1.29, 1.82) is 0 Å². The first-order valence-corrected chi connectivity index (χ1v) is 7.80. The lowest BCUT2D eigenvalue weighted by atomic mass is 10.0. The predicted octanol–water partition coefficient (Wildman–Crippen LogP) is 3.07. The number of carboxylic acids is 1. The van der Waals surface area contributed by atoms with Crippen LogP contribution in [0.25, 0.3) is 0 Å².